The summed E-state index contributed by atoms with van der Waals surface area (Å²) in [6, 6.07) is 0. The highest BCUT2D eigenvalue weighted by molar-refractivity contribution is 5.69. The van der Waals surface area contributed by atoms with Gasteiger partial charge in [-0.1, -0.05) is 162 Å². The number of aliphatic hydroxyl groups excluding tert-OH is 1. The third-order valence-electron chi connectivity index (χ3n) is 7.63. The van der Waals surface area contributed by atoms with E-state index in [1.54, 1.807) is 6.26 Å². The second-order valence-electron chi connectivity index (χ2n) is 11.7. The normalized spacial score (nSPS) is 12.3. The number of allylic oxidation sites excluding steroid dienone is 1. The predicted molar refractivity (Wildman–Crippen MR) is 168 cm³/mol. The number of unbranched alkanes of at least 4 members (excludes halogenated alkanes) is 24. The van der Waals surface area contributed by atoms with Crippen molar-refractivity contribution in [2.45, 2.75) is 193 Å². The van der Waals surface area contributed by atoms with Crippen LogP contribution in [0.15, 0.2) is 12.3 Å². The van der Waals surface area contributed by atoms with E-state index in [4.69, 9.17) is 9.47 Å². The molecule has 0 aromatic rings. The van der Waals surface area contributed by atoms with E-state index in [-0.39, 0.29) is 19.2 Å². The summed E-state index contributed by atoms with van der Waals surface area (Å²) < 4.78 is 10.6. The summed E-state index contributed by atoms with van der Waals surface area (Å²) in [4.78, 5) is 11.9. The monoisotopic (exact) mass is 553 g/mol. The number of hydrogen-bond acceptors (Lipinski definition) is 4. The lowest BCUT2D eigenvalue weighted by Crippen LogP contribution is -2.22. The fraction of sp³-hybridized carbons (Fsp3) is 0.914. The molecule has 0 aliphatic rings. The van der Waals surface area contributed by atoms with Gasteiger partial charge < -0.3 is 14.6 Å². The zero-order chi connectivity index (χ0) is 28.5. The smallest absolute Gasteiger partial charge is 0.305 e. The fourth-order valence-corrected chi connectivity index (χ4v) is 5.00. The van der Waals surface area contributed by atoms with Crippen molar-refractivity contribution in [2.75, 3.05) is 13.2 Å². The van der Waals surface area contributed by atoms with E-state index >= 15 is 0 Å². The molecule has 0 bridgehead atoms. The predicted octanol–water partition coefficient (Wildman–Crippen LogP) is 11.0. The van der Waals surface area contributed by atoms with Gasteiger partial charge in [-0.25, -0.2) is 0 Å². The van der Waals surface area contributed by atoms with Gasteiger partial charge in [0.15, 0.2) is 0 Å². The van der Waals surface area contributed by atoms with E-state index in [0.29, 0.717) is 6.42 Å². The minimum absolute atomic E-state index is 0.0177. The van der Waals surface area contributed by atoms with Gasteiger partial charge in [0.25, 0.3) is 0 Å². The molecule has 1 unspecified atom stereocenters. The van der Waals surface area contributed by atoms with E-state index in [9.17, 15) is 9.90 Å². The second kappa shape index (κ2) is 33.2. The molecule has 0 aromatic heterocycles. The van der Waals surface area contributed by atoms with Crippen LogP contribution in [0.5, 0.6) is 0 Å². The van der Waals surface area contributed by atoms with E-state index in [2.05, 4.69) is 13.8 Å². The summed E-state index contributed by atoms with van der Waals surface area (Å²) in [7, 11) is 0. The summed E-state index contributed by atoms with van der Waals surface area (Å²) in [5.41, 5.74) is 0. The standard InChI is InChI=1S/C35H68O4/c1-3-5-7-9-11-13-15-17-19-21-23-25-27-29-31-38-32-34(36)33-39-35(37)30-28-26-24-22-20-18-16-14-12-10-8-6-4-2/h29,31,34,36H,3-28,30,32-33H2,1-2H3/b31-29-. The van der Waals surface area contributed by atoms with Crippen molar-refractivity contribution in [2.24, 2.45) is 0 Å². The fourth-order valence-electron chi connectivity index (χ4n) is 5.00. The molecule has 0 saturated carbocycles. The maximum absolute atomic E-state index is 11.9. The quantitative estimate of drug-likeness (QED) is 0.0512. The molecule has 0 saturated heterocycles. The van der Waals surface area contributed by atoms with Crippen LogP contribution in [0.2, 0.25) is 0 Å². The Hall–Kier alpha value is -1.03. The van der Waals surface area contributed by atoms with Crippen molar-refractivity contribution in [3.05, 3.63) is 12.3 Å². The Morgan fingerprint density at radius 3 is 1.38 bits per heavy atom. The number of aliphatic hydroxyl groups is 1. The van der Waals surface area contributed by atoms with Gasteiger partial charge in [-0.2, -0.15) is 0 Å². The average molecular weight is 553 g/mol. The Labute approximate surface area is 244 Å². The van der Waals surface area contributed by atoms with Crippen molar-refractivity contribution in [3.8, 4) is 0 Å². The lowest BCUT2D eigenvalue weighted by atomic mass is 10.0. The van der Waals surface area contributed by atoms with Gasteiger partial charge >= 0.3 is 5.97 Å². The SMILES string of the molecule is CCCCCCCCCCCCCC/C=C\OCC(O)COC(=O)CCCCCCCCCCCCCCC. The van der Waals surface area contributed by atoms with Crippen molar-refractivity contribution in [3.63, 3.8) is 0 Å². The molecule has 0 fully saturated rings. The van der Waals surface area contributed by atoms with Gasteiger partial charge in [0.1, 0.15) is 19.3 Å². The Bertz CT molecular complexity index is 505. The second-order valence-corrected chi connectivity index (χ2v) is 11.7. The molecule has 0 spiro atoms. The molecule has 0 radical (unpaired) electrons. The maximum atomic E-state index is 11.9. The molecule has 4 nitrogen and oxygen atoms in total. The highest BCUT2D eigenvalue weighted by Crippen LogP contribution is 2.14. The molecule has 0 aliphatic carbocycles. The van der Waals surface area contributed by atoms with Crippen LogP contribution >= 0.6 is 0 Å². The first-order chi connectivity index (χ1) is 19.2. The van der Waals surface area contributed by atoms with Crippen LogP contribution < -0.4 is 0 Å². The molecular weight excluding hydrogens is 484 g/mol. The molecule has 0 heterocycles. The maximum Gasteiger partial charge on any atom is 0.305 e. The van der Waals surface area contributed by atoms with Crippen molar-refractivity contribution >= 4 is 5.97 Å². The summed E-state index contributed by atoms with van der Waals surface area (Å²) in [6.45, 7) is 4.73. The third kappa shape index (κ3) is 33.1. The van der Waals surface area contributed by atoms with Gasteiger partial charge in [-0.05, 0) is 25.3 Å². The largest absolute Gasteiger partial charge is 0.499 e. The van der Waals surface area contributed by atoms with E-state index in [1.807, 2.05) is 6.08 Å². The Morgan fingerprint density at radius 1 is 0.564 bits per heavy atom. The number of ether oxygens (including phenoxy) is 2. The number of carbonyl (C=O) groups is 1. The van der Waals surface area contributed by atoms with Crippen LogP contribution in [0.3, 0.4) is 0 Å². The zero-order valence-corrected chi connectivity index (χ0v) is 26.4. The first kappa shape index (κ1) is 38.0. The van der Waals surface area contributed by atoms with Crippen molar-refractivity contribution in [1.29, 1.82) is 0 Å². The van der Waals surface area contributed by atoms with E-state index in [1.165, 1.54) is 148 Å². The molecule has 1 N–H and O–H groups in total. The van der Waals surface area contributed by atoms with Crippen LogP contribution in [-0.4, -0.2) is 30.4 Å². The average Bonchev–Trinajstić information content (AvgIpc) is 2.94. The Balaban J connectivity index is 3.33. The summed E-state index contributed by atoms with van der Waals surface area (Å²) in [6.07, 6.45) is 37.5. The molecule has 39 heavy (non-hydrogen) atoms. The molecule has 4 heteroatoms. The Morgan fingerprint density at radius 2 is 0.949 bits per heavy atom. The van der Waals surface area contributed by atoms with Crippen LogP contribution in [0.1, 0.15) is 187 Å². The highest BCUT2D eigenvalue weighted by Gasteiger charge is 2.09. The lowest BCUT2D eigenvalue weighted by Gasteiger charge is -2.11. The number of rotatable bonds is 32. The Kier molecular flexibility index (Phi) is 32.3. The highest BCUT2D eigenvalue weighted by atomic mass is 16.5. The first-order valence-electron chi connectivity index (χ1n) is 17.3. The molecule has 0 aromatic carbocycles. The molecule has 0 rings (SSSR count). The molecule has 0 aliphatic heterocycles. The van der Waals surface area contributed by atoms with Gasteiger partial charge in [0, 0.05) is 6.42 Å². The summed E-state index contributed by atoms with van der Waals surface area (Å²) in [5, 5.41) is 9.96. The molecule has 232 valence electrons. The zero-order valence-electron chi connectivity index (χ0n) is 26.4. The van der Waals surface area contributed by atoms with Crippen LogP contribution in [0.4, 0.5) is 0 Å². The van der Waals surface area contributed by atoms with Crippen LogP contribution in [0, 0.1) is 0 Å². The minimum Gasteiger partial charge on any atom is -0.499 e. The van der Waals surface area contributed by atoms with Gasteiger partial charge in [-0.15, -0.1) is 0 Å². The van der Waals surface area contributed by atoms with Crippen LogP contribution in [0.25, 0.3) is 0 Å². The number of esters is 1. The van der Waals surface area contributed by atoms with E-state index in [0.717, 1.165) is 19.3 Å². The van der Waals surface area contributed by atoms with Gasteiger partial charge in [-0.3, -0.25) is 4.79 Å². The summed E-state index contributed by atoms with van der Waals surface area (Å²) >= 11 is 0. The molecular formula is C35H68O4. The van der Waals surface area contributed by atoms with Gasteiger partial charge in [0.05, 0.1) is 6.26 Å². The van der Waals surface area contributed by atoms with Crippen LogP contribution in [-0.2, 0) is 14.3 Å². The molecule has 0 amide bonds. The topological polar surface area (TPSA) is 55.8 Å². The third-order valence-corrected chi connectivity index (χ3v) is 7.63. The minimum atomic E-state index is -0.767. The van der Waals surface area contributed by atoms with E-state index < -0.39 is 6.10 Å². The van der Waals surface area contributed by atoms with Crippen molar-refractivity contribution < 1.29 is 19.4 Å². The lowest BCUT2D eigenvalue weighted by molar-refractivity contribution is -0.147. The summed E-state index contributed by atoms with van der Waals surface area (Å²) in [5.74, 6) is -0.209. The molecule has 1 atom stereocenters. The number of carbonyl (C=O) groups excluding carboxylic acids is 1. The van der Waals surface area contributed by atoms with Gasteiger partial charge in [0.2, 0.25) is 0 Å². The van der Waals surface area contributed by atoms with Crippen molar-refractivity contribution in [1.82, 2.24) is 0 Å². The first-order valence-corrected chi connectivity index (χ1v) is 17.3. The number of hydrogen-bond donors (Lipinski definition) is 1.